The predicted molar refractivity (Wildman–Crippen MR) is 114 cm³/mol. The van der Waals surface area contributed by atoms with Crippen molar-refractivity contribution in [3.63, 3.8) is 0 Å². The van der Waals surface area contributed by atoms with Crippen molar-refractivity contribution in [1.82, 2.24) is 19.2 Å². The summed E-state index contributed by atoms with van der Waals surface area (Å²) in [6, 6.07) is 12.1. The van der Waals surface area contributed by atoms with Crippen LogP contribution >= 0.6 is 23.2 Å². The minimum Gasteiger partial charge on any atom is -0.323 e. The van der Waals surface area contributed by atoms with Crippen LogP contribution in [0.5, 0.6) is 0 Å². The molecule has 0 fully saturated rings. The molecule has 0 aliphatic rings. The molecule has 0 atom stereocenters. The third-order valence-corrected chi connectivity index (χ3v) is 5.12. The molecule has 2 aromatic carbocycles. The van der Waals surface area contributed by atoms with Crippen LogP contribution in [0.25, 0.3) is 16.7 Å². The Kier molecular flexibility index (Phi) is 5.02. The molecule has 0 radical (unpaired) electrons. The van der Waals surface area contributed by atoms with E-state index in [-0.39, 0.29) is 18.1 Å². The zero-order valence-electron chi connectivity index (χ0n) is 15.7. The molecule has 0 saturated heterocycles. The van der Waals surface area contributed by atoms with E-state index in [1.165, 1.54) is 4.57 Å². The topological polar surface area (TPSA) is 81.3 Å². The lowest BCUT2D eigenvalue weighted by molar-refractivity contribution is -0.116. The smallest absolute Gasteiger partial charge is 0.297 e. The van der Waals surface area contributed by atoms with E-state index in [0.717, 1.165) is 5.52 Å². The van der Waals surface area contributed by atoms with Gasteiger partial charge in [0.15, 0.2) is 0 Å². The summed E-state index contributed by atoms with van der Waals surface area (Å²) in [4.78, 5) is 25.8. The molecular weight excluding hydrogens is 413 g/mol. The van der Waals surface area contributed by atoms with Crippen LogP contribution in [0.4, 0.5) is 5.69 Å². The van der Waals surface area contributed by atoms with Crippen molar-refractivity contribution in [2.45, 2.75) is 26.3 Å². The highest BCUT2D eigenvalue weighted by Gasteiger charge is 2.19. The summed E-state index contributed by atoms with van der Waals surface area (Å²) in [5.41, 5.74) is 1.53. The fraction of sp³-hybridized carbons (Fsp3) is 0.200. The first-order valence-corrected chi connectivity index (χ1v) is 9.74. The second-order valence-electron chi connectivity index (χ2n) is 6.92. The minimum atomic E-state index is -0.408. The van der Waals surface area contributed by atoms with Gasteiger partial charge in [0.1, 0.15) is 12.4 Å². The number of hydrogen-bond donors (Lipinski definition) is 1. The van der Waals surface area contributed by atoms with Gasteiger partial charge in [-0.15, -0.1) is 10.2 Å². The third-order valence-electron chi connectivity index (χ3n) is 4.56. The molecule has 29 heavy (non-hydrogen) atoms. The largest absolute Gasteiger partial charge is 0.323 e. The summed E-state index contributed by atoms with van der Waals surface area (Å²) < 4.78 is 3.14. The Bertz CT molecular complexity index is 1310. The number of hydrogen-bond acceptors (Lipinski definition) is 4. The molecule has 0 saturated carbocycles. The SMILES string of the molecule is CC(C)c1nnc2c(=O)n(CC(=O)Nc3cc(Cl)ccc3Cl)c3ccccc3n12. The summed E-state index contributed by atoms with van der Waals surface area (Å²) in [6.07, 6.45) is 0. The molecule has 148 valence electrons. The van der Waals surface area contributed by atoms with Gasteiger partial charge in [-0.05, 0) is 30.3 Å². The maximum Gasteiger partial charge on any atom is 0.297 e. The van der Waals surface area contributed by atoms with Crippen LogP contribution in [0.2, 0.25) is 10.0 Å². The lowest BCUT2D eigenvalue weighted by Gasteiger charge is -2.14. The van der Waals surface area contributed by atoms with E-state index in [0.29, 0.717) is 27.1 Å². The monoisotopic (exact) mass is 429 g/mol. The molecular formula is C20H17Cl2N5O2. The van der Waals surface area contributed by atoms with Crippen LogP contribution in [0, 0.1) is 0 Å². The van der Waals surface area contributed by atoms with Gasteiger partial charge in [0.05, 0.1) is 21.7 Å². The van der Waals surface area contributed by atoms with Gasteiger partial charge in [-0.3, -0.25) is 18.6 Å². The Morgan fingerprint density at radius 3 is 2.55 bits per heavy atom. The lowest BCUT2D eigenvalue weighted by Crippen LogP contribution is -2.29. The number of benzene rings is 2. The van der Waals surface area contributed by atoms with E-state index in [1.54, 1.807) is 28.7 Å². The van der Waals surface area contributed by atoms with Crippen molar-refractivity contribution in [3.05, 3.63) is 68.7 Å². The second kappa shape index (κ2) is 7.50. The first-order valence-electron chi connectivity index (χ1n) is 8.98. The summed E-state index contributed by atoms with van der Waals surface area (Å²) >= 11 is 12.1. The fourth-order valence-corrected chi connectivity index (χ4v) is 3.58. The van der Waals surface area contributed by atoms with Crippen LogP contribution < -0.4 is 10.9 Å². The highest BCUT2D eigenvalue weighted by molar-refractivity contribution is 6.35. The van der Waals surface area contributed by atoms with Gasteiger partial charge in [-0.25, -0.2) is 0 Å². The van der Waals surface area contributed by atoms with Gasteiger partial charge in [-0.1, -0.05) is 49.2 Å². The quantitative estimate of drug-likeness (QED) is 0.528. The fourth-order valence-electron chi connectivity index (χ4n) is 3.24. The van der Waals surface area contributed by atoms with Crippen LogP contribution in [0.15, 0.2) is 47.3 Å². The number of nitrogens with one attached hydrogen (secondary N) is 1. The Morgan fingerprint density at radius 1 is 1.10 bits per heavy atom. The summed E-state index contributed by atoms with van der Waals surface area (Å²) in [6.45, 7) is 3.76. The molecule has 2 heterocycles. The zero-order chi connectivity index (χ0) is 20.7. The number of carbonyl (C=O) groups excluding carboxylic acids is 1. The Balaban J connectivity index is 1.81. The van der Waals surface area contributed by atoms with Gasteiger partial charge in [-0.2, -0.15) is 0 Å². The number of nitrogens with zero attached hydrogens (tertiary/aromatic N) is 4. The van der Waals surface area contributed by atoms with Crippen molar-refractivity contribution in [2.75, 3.05) is 5.32 Å². The summed E-state index contributed by atoms with van der Waals surface area (Å²) in [5.74, 6) is 0.363. The molecule has 0 spiro atoms. The highest BCUT2D eigenvalue weighted by Crippen LogP contribution is 2.25. The number of aromatic nitrogens is 4. The Labute approximate surface area is 175 Å². The number of halogens is 2. The number of anilines is 1. The molecule has 1 amide bonds. The second-order valence-corrected chi connectivity index (χ2v) is 7.77. The van der Waals surface area contributed by atoms with E-state index in [9.17, 15) is 9.59 Å². The third kappa shape index (κ3) is 3.47. The van der Waals surface area contributed by atoms with E-state index in [2.05, 4.69) is 15.5 Å². The molecule has 2 aromatic heterocycles. The van der Waals surface area contributed by atoms with Gasteiger partial charge in [0, 0.05) is 10.9 Å². The molecule has 1 N–H and O–H groups in total. The van der Waals surface area contributed by atoms with Crippen LogP contribution in [-0.2, 0) is 11.3 Å². The summed E-state index contributed by atoms with van der Waals surface area (Å²) in [7, 11) is 0. The number of fused-ring (bicyclic) bond motifs is 3. The normalized spacial score (nSPS) is 11.5. The van der Waals surface area contributed by atoms with Crippen molar-refractivity contribution in [3.8, 4) is 0 Å². The minimum absolute atomic E-state index is 0.0805. The lowest BCUT2D eigenvalue weighted by atomic mass is 10.2. The first kappa shape index (κ1) is 19.4. The van der Waals surface area contributed by atoms with E-state index in [1.807, 2.05) is 32.0 Å². The molecule has 4 rings (SSSR count). The van der Waals surface area contributed by atoms with Gasteiger partial charge < -0.3 is 5.32 Å². The van der Waals surface area contributed by atoms with Crippen molar-refractivity contribution >= 4 is 51.5 Å². The zero-order valence-corrected chi connectivity index (χ0v) is 17.2. The maximum absolute atomic E-state index is 13.1. The van der Waals surface area contributed by atoms with Gasteiger partial charge >= 0.3 is 0 Å². The Hall–Kier alpha value is -2.90. The molecule has 4 aromatic rings. The number of rotatable bonds is 4. The van der Waals surface area contributed by atoms with E-state index >= 15 is 0 Å². The van der Waals surface area contributed by atoms with Crippen LogP contribution in [-0.4, -0.2) is 25.1 Å². The Morgan fingerprint density at radius 2 is 1.83 bits per heavy atom. The maximum atomic E-state index is 13.1. The molecule has 0 unspecified atom stereocenters. The van der Waals surface area contributed by atoms with Crippen LogP contribution in [0.1, 0.15) is 25.6 Å². The van der Waals surface area contributed by atoms with Crippen molar-refractivity contribution < 1.29 is 4.79 Å². The average Bonchev–Trinajstić information content (AvgIpc) is 3.14. The van der Waals surface area contributed by atoms with E-state index in [4.69, 9.17) is 23.2 Å². The standard InChI is InChI=1S/C20H17Cl2N5O2/c1-11(2)18-24-25-19-20(29)26(15-5-3-4-6-16(15)27(18)19)10-17(28)23-14-9-12(21)7-8-13(14)22/h3-9,11H,10H2,1-2H3,(H,23,28). The average molecular weight is 430 g/mol. The van der Waals surface area contributed by atoms with E-state index < -0.39 is 11.5 Å². The highest BCUT2D eigenvalue weighted by atomic mass is 35.5. The predicted octanol–water partition coefficient (Wildman–Crippen LogP) is 4.11. The first-order chi connectivity index (χ1) is 13.9. The summed E-state index contributed by atoms with van der Waals surface area (Å²) in [5, 5.41) is 11.8. The molecule has 0 aliphatic carbocycles. The number of carbonyl (C=O) groups is 1. The molecule has 0 aliphatic heterocycles. The van der Waals surface area contributed by atoms with Gasteiger partial charge in [0.2, 0.25) is 11.6 Å². The molecule has 0 bridgehead atoms. The number of para-hydroxylation sites is 2. The molecule has 7 nitrogen and oxygen atoms in total. The van der Waals surface area contributed by atoms with Crippen molar-refractivity contribution in [1.29, 1.82) is 0 Å². The van der Waals surface area contributed by atoms with Gasteiger partial charge in [0.25, 0.3) is 5.56 Å². The number of amides is 1. The van der Waals surface area contributed by atoms with Crippen molar-refractivity contribution in [2.24, 2.45) is 0 Å². The molecule has 9 heteroatoms. The van der Waals surface area contributed by atoms with Crippen LogP contribution in [0.3, 0.4) is 0 Å².